The quantitative estimate of drug-likeness (QED) is 0.537. The van der Waals surface area contributed by atoms with Crippen LogP contribution in [0.1, 0.15) is 13.3 Å². The SMILES string of the molecule is CSCC[C@H](NC(=O)[C@H](C)N)C(N)=O. The summed E-state index contributed by atoms with van der Waals surface area (Å²) in [5.74, 6) is -0.102. The molecule has 82 valence electrons. The fourth-order valence-corrected chi connectivity index (χ4v) is 1.30. The van der Waals surface area contributed by atoms with Crippen LogP contribution in [0.15, 0.2) is 0 Å². The standard InChI is InChI=1S/C8H17N3O2S/c1-5(9)8(13)11-6(7(10)12)3-4-14-2/h5-6H,3-4,9H2,1-2H3,(H2,10,12)(H,11,13)/t5-,6-/m0/s1. The van der Waals surface area contributed by atoms with Crippen molar-refractivity contribution < 1.29 is 9.59 Å². The molecule has 5 N–H and O–H groups in total. The Morgan fingerprint density at radius 2 is 2.07 bits per heavy atom. The average molecular weight is 219 g/mol. The van der Waals surface area contributed by atoms with Crippen molar-refractivity contribution in [2.75, 3.05) is 12.0 Å². The fraction of sp³-hybridized carbons (Fsp3) is 0.750. The highest BCUT2D eigenvalue weighted by Crippen LogP contribution is 2.00. The second-order valence-electron chi connectivity index (χ2n) is 3.03. The summed E-state index contributed by atoms with van der Waals surface area (Å²) in [4.78, 5) is 22.1. The van der Waals surface area contributed by atoms with Crippen LogP contribution in [0.3, 0.4) is 0 Å². The van der Waals surface area contributed by atoms with E-state index in [2.05, 4.69) is 5.32 Å². The van der Waals surface area contributed by atoms with Crippen molar-refractivity contribution in [3.05, 3.63) is 0 Å². The zero-order valence-electron chi connectivity index (χ0n) is 8.45. The number of rotatable bonds is 6. The largest absolute Gasteiger partial charge is 0.368 e. The van der Waals surface area contributed by atoms with Crippen LogP contribution in [-0.4, -0.2) is 35.9 Å². The predicted molar refractivity (Wildman–Crippen MR) is 57.8 cm³/mol. The molecule has 2 amide bonds. The lowest BCUT2D eigenvalue weighted by atomic mass is 10.2. The van der Waals surface area contributed by atoms with Gasteiger partial charge in [-0.2, -0.15) is 11.8 Å². The zero-order chi connectivity index (χ0) is 11.1. The van der Waals surface area contributed by atoms with Crippen LogP contribution in [0.4, 0.5) is 0 Å². The van der Waals surface area contributed by atoms with Crippen LogP contribution >= 0.6 is 11.8 Å². The summed E-state index contributed by atoms with van der Waals surface area (Å²) < 4.78 is 0. The Labute approximate surface area is 88.0 Å². The van der Waals surface area contributed by atoms with Crippen LogP contribution in [0.2, 0.25) is 0 Å². The van der Waals surface area contributed by atoms with E-state index in [1.807, 2.05) is 6.26 Å². The third-order valence-corrected chi connectivity index (χ3v) is 2.33. The van der Waals surface area contributed by atoms with Crippen molar-refractivity contribution in [3.63, 3.8) is 0 Å². The van der Waals surface area contributed by atoms with Gasteiger partial charge in [-0.05, 0) is 25.4 Å². The van der Waals surface area contributed by atoms with E-state index in [1.165, 1.54) is 0 Å². The van der Waals surface area contributed by atoms with Gasteiger partial charge in [-0.15, -0.1) is 0 Å². The Bertz CT molecular complexity index is 209. The van der Waals surface area contributed by atoms with Gasteiger partial charge in [0.25, 0.3) is 0 Å². The molecule has 5 nitrogen and oxygen atoms in total. The van der Waals surface area contributed by atoms with Gasteiger partial charge in [0.2, 0.25) is 11.8 Å². The van der Waals surface area contributed by atoms with Gasteiger partial charge < -0.3 is 16.8 Å². The molecule has 14 heavy (non-hydrogen) atoms. The second kappa shape index (κ2) is 6.67. The molecule has 0 aromatic carbocycles. The summed E-state index contributed by atoms with van der Waals surface area (Å²) in [7, 11) is 0. The molecule has 0 radical (unpaired) electrons. The minimum atomic E-state index is -0.619. The monoisotopic (exact) mass is 219 g/mol. The number of hydrogen-bond donors (Lipinski definition) is 3. The highest BCUT2D eigenvalue weighted by molar-refractivity contribution is 7.98. The van der Waals surface area contributed by atoms with E-state index >= 15 is 0 Å². The summed E-state index contributed by atoms with van der Waals surface area (Å²) >= 11 is 1.59. The lowest BCUT2D eigenvalue weighted by Crippen LogP contribution is -2.49. The molecule has 0 rings (SSSR count). The third kappa shape index (κ3) is 5.08. The Morgan fingerprint density at radius 1 is 1.50 bits per heavy atom. The maximum atomic E-state index is 11.2. The van der Waals surface area contributed by atoms with Crippen molar-refractivity contribution in [1.82, 2.24) is 5.32 Å². The Hall–Kier alpha value is -0.750. The topological polar surface area (TPSA) is 98.2 Å². The molecule has 0 fully saturated rings. The number of primary amides is 1. The van der Waals surface area contributed by atoms with Gasteiger partial charge in [0.05, 0.1) is 6.04 Å². The maximum Gasteiger partial charge on any atom is 0.240 e. The van der Waals surface area contributed by atoms with Crippen molar-refractivity contribution in [1.29, 1.82) is 0 Å². The summed E-state index contributed by atoms with van der Waals surface area (Å²) in [5.41, 5.74) is 10.5. The van der Waals surface area contributed by atoms with E-state index in [0.29, 0.717) is 6.42 Å². The number of nitrogens with two attached hydrogens (primary N) is 2. The van der Waals surface area contributed by atoms with Gasteiger partial charge in [0.1, 0.15) is 6.04 Å². The highest BCUT2D eigenvalue weighted by Gasteiger charge is 2.18. The Morgan fingerprint density at radius 3 is 2.43 bits per heavy atom. The van der Waals surface area contributed by atoms with Crippen LogP contribution in [-0.2, 0) is 9.59 Å². The van der Waals surface area contributed by atoms with Gasteiger partial charge in [0.15, 0.2) is 0 Å². The first-order valence-electron chi connectivity index (χ1n) is 4.33. The molecular formula is C8H17N3O2S. The van der Waals surface area contributed by atoms with Gasteiger partial charge in [0, 0.05) is 0 Å². The third-order valence-electron chi connectivity index (χ3n) is 1.68. The molecule has 0 aliphatic heterocycles. The molecule has 0 aromatic rings. The number of hydrogen-bond acceptors (Lipinski definition) is 4. The first kappa shape index (κ1) is 13.2. The van der Waals surface area contributed by atoms with E-state index in [4.69, 9.17) is 11.5 Å². The highest BCUT2D eigenvalue weighted by atomic mass is 32.2. The first-order chi connectivity index (χ1) is 6.49. The van der Waals surface area contributed by atoms with Crippen LogP contribution in [0.5, 0.6) is 0 Å². The number of thioether (sulfide) groups is 1. The molecule has 0 spiro atoms. The summed E-state index contributed by atoms with van der Waals surface area (Å²) in [6, 6.07) is -1.23. The number of nitrogens with one attached hydrogen (secondary N) is 1. The van der Waals surface area contributed by atoms with Gasteiger partial charge in [-0.1, -0.05) is 0 Å². The van der Waals surface area contributed by atoms with Crippen LogP contribution in [0.25, 0.3) is 0 Å². The molecule has 0 aliphatic carbocycles. The molecule has 0 saturated heterocycles. The predicted octanol–water partition coefficient (Wildman–Crippen LogP) is -0.943. The van der Waals surface area contributed by atoms with Crippen LogP contribution in [0, 0.1) is 0 Å². The smallest absolute Gasteiger partial charge is 0.240 e. The molecule has 0 bridgehead atoms. The molecule has 0 heterocycles. The summed E-state index contributed by atoms with van der Waals surface area (Å²) in [6.45, 7) is 1.56. The Kier molecular flexibility index (Phi) is 6.31. The van der Waals surface area contributed by atoms with E-state index in [-0.39, 0.29) is 5.91 Å². The number of carbonyl (C=O) groups is 2. The minimum absolute atomic E-state index is 0.352. The molecule has 0 aromatic heterocycles. The molecule has 0 saturated carbocycles. The van der Waals surface area contributed by atoms with E-state index in [0.717, 1.165) is 5.75 Å². The maximum absolute atomic E-state index is 11.2. The van der Waals surface area contributed by atoms with Crippen molar-refractivity contribution in [2.45, 2.75) is 25.4 Å². The molecular weight excluding hydrogens is 202 g/mol. The van der Waals surface area contributed by atoms with E-state index < -0.39 is 18.0 Å². The summed E-state index contributed by atoms with van der Waals surface area (Å²) in [6.07, 6.45) is 2.46. The molecule has 2 atom stereocenters. The molecule has 0 aliphatic rings. The number of amides is 2. The Balaban J connectivity index is 4.09. The van der Waals surface area contributed by atoms with E-state index in [1.54, 1.807) is 18.7 Å². The van der Waals surface area contributed by atoms with E-state index in [9.17, 15) is 9.59 Å². The fourth-order valence-electron chi connectivity index (χ4n) is 0.824. The average Bonchev–Trinajstić information content (AvgIpc) is 2.10. The van der Waals surface area contributed by atoms with Gasteiger partial charge in [-0.25, -0.2) is 0 Å². The minimum Gasteiger partial charge on any atom is -0.368 e. The molecule has 6 heteroatoms. The molecule has 0 unspecified atom stereocenters. The lowest BCUT2D eigenvalue weighted by molar-refractivity contribution is -0.127. The van der Waals surface area contributed by atoms with Crippen molar-refractivity contribution in [3.8, 4) is 0 Å². The van der Waals surface area contributed by atoms with Crippen molar-refractivity contribution >= 4 is 23.6 Å². The lowest BCUT2D eigenvalue weighted by Gasteiger charge is -2.16. The van der Waals surface area contributed by atoms with Crippen molar-refractivity contribution in [2.24, 2.45) is 11.5 Å². The second-order valence-corrected chi connectivity index (χ2v) is 4.02. The normalized spacial score (nSPS) is 14.5. The van der Waals surface area contributed by atoms with Gasteiger partial charge >= 0.3 is 0 Å². The summed E-state index contributed by atoms with van der Waals surface area (Å²) in [5, 5.41) is 2.50. The van der Waals surface area contributed by atoms with Gasteiger partial charge in [-0.3, -0.25) is 9.59 Å². The number of carbonyl (C=O) groups excluding carboxylic acids is 2. The first-order valence-corrected chi connectivity index (χ1v) is 5.72. The van der Waals surface area contributed by atoms with Crippen LogP contribution < -0.4 is 16.8 Å². The zero-order valence-corrected chi connectivity index (χ0v) is 9.26.